The molecule has 0 bridgehead atoms. The number of hydrogen-bond acceptors (Lipinski definition) is 4. The SMILES string of the molecule is CCOC(=O)C(CC)NCC1CCSC1. The minimum atomic E-state index is -0.115. The maximum Gasteiger partial charge on any atom is 0.323 e. The van der Waals surface area contributed by atoms with E-state index in [0.29, 0.717) is 6.61 Å². The van der Waals surface area contributed by atoms with E-state index in [-0.39, 0.29) is 12.0 Å². The molecule has 2 atom stereocenters. The van der Waals surface area contributed by atoms with Gasteiger partial charge in [0.15, 0.2) is 0 Å². The summed E-state index contributed by atoms with van der Waals surface area (Å²) in [5.74, 6) is 3.12. The number of carbonyl (C=O) groups excluding carboxylic acids is 1. The van der Waals surface area contributed by atoms with Crippen molar-refractivity contribution in [3.8, 4) is 0 Å². The maximum atomic E-state index is 11.5. The zero-order valence-electron chi connectivity index (χ0n) is 9.62. The summed E-state index contributed by atoms with van der Waals surface area (Å²) in [6, 6.07) is -0.115. The van der Waals surface area contributed by atoms with E-state index in [9.17, 15) is 4.79 Å². The van der Waals surface area contributed by atoms with Crippen LogP contribution in [0.1, 0.15) is 26.7 Å². The highest BCUT2D eigenvalue weighted by atomic mass is 32.2. The summed E-state index contributed by atoms with van der Waals surface area (Å²) in [7, 11) is 0. The summed E-state index contributed by atoms with van der Waals surface area (Å²) in [6.07, 6.45) is 2.08. The lowest BCUT2D eigenvalue weighted by molar-refractivity contribution is -0.145. The van der Waals surface area contributed by atoms with Crippen molar-refractivity contribution >= 4 is 17.7 Å². The average Bonchev–Trinajstić information content (AvgIpc) is 2.72. The summed E-state index contributed by atoms with van der Waals surface area (Å²) >= 11 is 2.00. The Hall–Kier alpha value is -0.220. The van der Waals surface area contributed by atoms with E-state index in [1.807, 2.05) is 25.6 Å². The predicted octanol–water partition coefficient (Wildman–Crippen LogP) is 1.67. The van der Waals surface area contributed by atoms with Gasteiger partial charge in [-0.15, -0.1) is 0 Å². The van der Waals surface area contributed by atoms with Crippen LogP contribution in [0, 0.1) is 5.92 Å². The number of nitrogens with one attached hydrogen (secondary N) is 1. The first-order chi connectivity index (χ1) is 7.27. The van der Waals surface area contributed by atoms with Gasteiger partial charge in [-0.1, -0.05) is 6.92 Å². The lowest BCUT2D eigenvalue weighted by Gasteiger charge is -2.17. The van der Waals surface area contributed by atoms with Gasteiger partial charge < -0.3 is 10.1 Å². The Kier molecular flexibility index (Phi) is 6.10. The molecule has 0 saturated carbocycles. The van der Waals surface area contributed by atoms with Crippen LogP contribution >= 0.6 is 11.8 Å². The highest BCUT2D eigenvalue weighted by Gasteiger charge is 2.20. The zero-order valence-corrected chi connectivity index (χ0v) is 10.4. The molecule has 88 valence electrons. The van der Waals surface area contributed by atoms with Gasteiger partial charge in [0, 0.05) is 0 Å². The summed E-state index contributed by atoms with van der Waals surface area (Å²) in [5.41, 5.74) is 0. The van der Waals surface area contributed by atoms with Crippen molar-refractivity contribution in [2.45, 2.75) is 32.7 Å². The first-order valence-corrected chi connectivity index (χ1v) is 6.91. The van der Waals surface area contributed by atoms with Crippen LogP contribution in [-0.4, -0.2) is 36.7 Å². The largest absolute Gasteiger partial charge is 0.465 e. The van der Waals surface area contributed by atoms with Crippen LogP contribution < -0.4 is 5.32 Å². The third-order valence-electron chi connectivity index (χ3n) is 2.66. The van der Waals surface area contributed by atoms with E-state index in [0.717, 1.165) is 18.9 Å². The third kappa shape index (κ3) is 4.43. The molecule has 0 aromatic rings. The van der Waals surface area contributed by atoms with E-state index >= 15 is 0 Å². The van der Waals surface area contributed by atoms with Crippen molar-refractivity contribution in [2.75, 3.05) is 24.7 Å². The van der Waals surface area contributed by atoms with E-state index < -0.39 is 0 Å². The first-order valence-electron chi connectivity index (χ1n) is 5.75. The Morgan fingerprint density at radius 3 is 2.93 bits per heavy atom. The van der Waals surface area contributed by atoms with Crippen LogP contribution in [-0.2, 0) is 9.53 Å². The molecule has 1 aliphatic heterocycles. The molecule has 0 aromatic carbocycles. The number of hydrogen-bond donors (Lipinski definition) is 1. The Labute approximate surface area is 96.3 Å². The molecule has 3 nitrogen and oxygen atoms in total. The van der Waals surface area contributed by atoms with Gasteiger partial charge in [-0.2, -0.15) is 11.8 Å². The molecule has 0 spiro atoms. The predicted molar refractivity (Wildman–Crippen MR) is 64.1 cm³/mol. The Morgan fingerprint density at radius 1 is 1.60 bits per heavy atom. The smallest absolute Gasteiger partial charge is 0.323 e. The fourth-order valence-electron chi connectivity index (χ4n) is 1.69. The standard InChI is InChI=1S/C11H21NO2S/c1-3-10(11(13)14-4-2)12-7-9-5-6-15-8-9/h9-10,12H,3-8H2,1-2H3. The van der Waals surface area contributed by atoms with Gasteiger partial charge in [-0.05, 0) is 43.7 Å². The molecule has 1 N–H and O–H groups in total. The molecule has 1 heterocycles. The van der Waals surface area contributed by atoms with Gasteiger partial charge in [0.2, 0.25) is 0 Å². The molecule has 1 rings (SSSR count). The van der Waals surface area contributed by atoms with Crippen molar-refractivity contribution < 1.29 is 9.53 Å². The van der Waals surface area contributed by atoms with Gasteiger partial charge in [-0.3, -0.25) is 4.79 Å². The minimum Gasteiger partial charge on any atom is -0.465 e. The molecular formula is C11H21NO2S. The fourth-order valence-corrected chi connectivity index (χ4v) is 2.97. The minimum absolute atomic E-state index is 0.106. The zero-order chi connectivity index (χ0) is 11.1. The molecule has 0 amide bonds. The quantitative estimate of drug-likeness (QED) is 0.706. The molecule has 4 heteroatoms. The summed E-state index contributed by atoms with van der Waals surface area (Å²) in [5, 5.41) is 3.31. The number of thioether (sulfide) groups is 1. The molecule has 0 radical (unpaired) electrons. The van der Waals surface area contributed by atoms with E-state index in [2.05, 4.69) is 5.32 Å². The first kappa shape index (κ1) is 12.8. The van der Waals surface area contributed by atoms with Gasteiger partial charge in [0.05, 0.1) is 6.61 Å². The van der Waals surface area contributed by atoms with Crippen molar-refractivity contribution in [1.82, 2.24) is 5.32 Å². The Morgan fingerprint density at radius 2 is 2.40 bits per heavy atom. The molecule has 1 aliphatic rings. The number of rotatable bonds is 6. The Balaban J connectivity index is 2.23. The van der Waals surface area contributed by atoms with Crippen molar-refractivity contribution in [1.29, 1.82) is 0 Å². The maximum absolute atomic E-state index is 11.5. The van der Waals surface area contributed by atoms with Gasteiger partial charge >= 0.3 is 5.97 Å². The highest BCUT2D eigenvalue weighted by Crippen LogP contribution is 2.22. The third-order valence-corrected chi connectivity index (χ3v) is 3.89. The molecule has 1 saturated heterocycles. The van der Waals surface area contributed by atoms with Crippen LogP contribution in [0.3, 0.4) is 0 Å². The van der Waals surface area contributed by atoms with Crippen molar-refractivity contribution in [2.24, 2.45) is 5.92 Å². The van der Waals surface area contributed by atoms with Crippen LogP contribution in [0.25, 0.3) is 0 Å². The topological polar surface area (TPSA) is 38.3 Å². The van der Waals surface area contributed by atoms with E-state index in [1.54, 1.807) is 0 Å². The molecule has 2 unspecified atom stereocenters. The van der Waals surface area contributed by atoms with Gasteiger partial charge in [-0.25, -0.2) is 0 Å². The summed E-state index contributed by atoms with van der Waals surface area (Å²) in [6.45, 7) is 5.27. The normalized spacial score (nSPS) is 22.7. The lowest BCUT2D eigenvalue weighted by Crippen LogP contribution is -2.40. The van der Waals surface area contributed by atoms with Crippen LogP contribution in [0.2, 0.25) is 0 Å². The van der Waals surface area contributed by atoms with Crippen molar-refractivity contribution in [3.05, 3.63) is 0 Å². The second-order valence-electron chi connectivity index (χ2n) is 3.85. The summed E-state index contributed by atoms with van der Waals surface area (Å²) in [4.78, 5) is 11.5. The fraction of sp³-hybridized carbons (Fsp3) is 0.909. The van der Waals surface area contributed by atoms with Gasteiger partial charge in [0.25, 0.3) is 0 Å². The molecule has 0 aromatic heterocycles. The van der Waals surface area contributed by atoms with Crippen LogP contribution in [0.15, 0.2) is 0 Å². The lowest BCUT2D eigenvalue weighted by atomic mass is 10.1. The van der Waals surface area contributed by atoms with E-state index in [4.69, 9.17) is 4.74 Å². The molecule has 15 heavy (non-hydrogen) atoms. The second-order valence-corrected chi connectivity index (χ2v) is 5.00. The molecule has 1 fully saturated rings. The monoisotopic (exact) mass is 231 g/mol. The Bertz CT molecular complexity index is 193. The highest BCUT2D eigenvalue weighted by molar-refractivity contribution is 7.99. The molecular weight excluding hydrogens is 210 g/mol. The number of carbonyl (C=O) groups is 1. The van der Waals surface area contributed by atoms with Crippen LogP contribution in [0.4, 0.5) is 0 Å². The van der Waals surface area contributed by atoms with Gasteiger partial charge in [0.1, 0.15) is 6.04 Å². The van der Waals surface area contributed by atoms with E-state index in [1.165, 1.54) is 17.9 Å². The van der Waals surface area contributed by atoms with Crippen LogP contribution in [0.5, 0.6) is 0 Å². The van der Waals surface area contributed by atoms with Crippen molar-refractivity contribution in [3.63, 3.8) is 0 Å². The number of ether oxygens (including phenoxy) is 1. The number of esters is 1. The molecule has 0 aliphatic carbocycles. The average molecular weight is 231 g/mol. The second kappa shape index (κ2) is 7.12. The summed E-state index contributed by atoms with van der Waals surface area (Å²) < 4.78 is 5.00.